The molecule has 2 aromatic heterocycles. The van der Waals surface area contributed by atoms with E-state index < -0.39 is 0 Å². The monoisotopic (exact) mass is 224 g/mol. The zero-order chi connectivity index (χ0) is 11.8. The predicted octanol–water partition coefficient (Wildman–Crippen LogP) is 2.29. The lowest BCUT2D eigenvalue weighted by Gasteiger charge is -1.95. The van der Waals surface area contributed by atoms with Crippen LogP contribution < -0.4 is 5.73 Å². The number of hydrogen-bond donors (Lipinski definition) is 1. The number of pyridine rings is 1. The molecule has 2 N–H and O–H groups in total. The summed E-state index contributed by atoms with van der Waals surface area (Å²) in [5, 5.41) is 4.48. The lowest BCUT2D eigenvalue weighted by Crippen LogP contribution is -1.92. The lowest BCUT2D eigenvalue weighted by molar-refractivity contribution is 0.918. The second-order valence-electron chi connectivity index (χ2n) is 3.99. The van der Waals surface area contributed by atoms with Crippen molar-refractivity contribution in [3.63, 3.8) is 0 Å². The van der Waals surface area contributed by atoms with Gasteiger partial charge in [0.05, 0.1) is 0 Å². The fourth-order valence-corrected chi connectivity index (χ4v) is 1.79. The maximum absolute atomic E-state index is 5.66. The number of fused-ring (bicyclic) bond motifs is 1. The summed E-state index contributed by atoms with van der Waals surface area (Å²) >= 11 is 0. The summed E-state index contributed by atoms with van der Waals surface area (Å²) in [6.45, 7) is 2.01. The molecule has 0 radical (unpaired) electrons. The van der Waals surface area contributed by atoms with E-state index in [-0.39, 0.29) is 0 Å². The maximum Gasteiger partial charge on any atom is 0.182 e. The Morgan fingerprint density at radius 3 is 2.53 bits per heavy atom. The molecule has 0 atom stereocenters. The fourth-order valence-electron chi connectivity index (χ4n) is 1.79. The van der Waals surface area contributed by atoms with Crippen molar-refractivity contribution < 1.29 is 0 Å². The van der Waals surface area contributed by atoms with Gasteiger partial charge in [-0.1, -0.05) is 6.07 Å². The number of nitrogen functional groups attached to an aromatic ring is 1. The van der Waals surface area contributed by atoms with Crippen LogP contribution in [0.4, 0.5) is 5.69 Å². The van der Waals surface area contributed by atoms with Crippen LogP contribution in [0.2, 0.25) is 0 Å². The van der Waals surface area contributed by atoms with E-state index in [1.165, 1.54) is 0 Å². The van der Waals surface area contributed by atoms with Crippen LogP contribution in [0.25, 0.3) is 17.0 Å². The maximum atomic E-state index is 5.66. The van der Waals surface area contributed by atoms with Crippen LogP contribution in [0.3, 0.4) is 0 Å². The van der Waals surface area contributed by atoms with Gasteiger partial charge in [-0.15, -0.1) is 5.10 Å². The fraction of sp³-hybridized carbons (Fsp3) is 0.0769. The first kappa shape index (κ1) is 9.84. The van der Waals surface area contributed by atoms with Crippen molar-refractivity contribution in [2.75, 3.05) is 5.73 Å². The van der Waals surface area contributed by atoms with E-state index in [4.69, 9.17) is 5.73 Å². The summed E-state index contributed by atoms with van der Waals surface area (Å²) in [6, 6.07) is 13.5. The van der Waals surface area contributed by atoms with Crippen LogP contribution in [0.15, 0.2) is 42.5 Å². The number of hydrogen-bond acceptors (Lipinski definition) is 3. The molecule has 0 saturated heterocycles. The number of benzene rings is 1. The molecule has 17 heavy (non-hydrogen) atoms. The Balaban J connectivity index is 2.18. The molecule has 0 unspecified atom stereocenters. The summed E-state index contributed by atoms with van der Waals surface area (Å²) in [5.74, 6) is 0.722. The molecule has 0 aliphatic rings. The third-order valence-corrected chi connectivity index (χ3v) is 2.72. The molecule has 0 bridgehead atoms. The van der Waals surface area contributed by atoms with Crippen LogP contribution in [0.5, 0.6) is 0 Å². The van der Waals surface area contributed by atoms with Gasteiger partial charge in [-0.2, -0.15) is 0 Å². The third kappa shape index (κ3) is 1.63. The average Bonchev–Trinajstić information content (AvgIpc) is 2.75. The number of rotatable bonds is 1. The van der Waals surface area contributed by atoms with E-state index in [0.29, 0.717) is 0 Å². The largest absolute Gasteiger partial charge is 0.399 e. The Morgan fingerprint density at radius 1 is 1.06 bits per heavy atom. The van der Waals surface area contributed by atoms with Gasteiger partial charge in [0, 0.05) is 16.9 Å². The molecule has 0 aliphatic heterocycles. The normalized spacial score (nSPS) is 10.9. The molecule has 0 fully saturated rings. The molecule has 0 saturated carbocycles. The van der Waals surface area contributed by atoms with Gasteiger partial charge in [-0.3, -0.25) is 0 Å². The first-order valence-electron chi connectivity index (χ1n) is 5.42. The molecule has 3 aromatic rings. The van der Waals surface area contributed by atoms with E-state index in [0.717, 1.165) is 28.4 Å². The van der Waals surface area contributed by atoms with Crippen molar-refractivity contribution in [3.8, 4) is 11.4 Å². The highest BCUT2D eigenvalue weighted by Crippen LogP contribution is 2.18. The van der Waals surface area contributed by atoms with Crippen molar-refractivity contribution in [3.05, 3.63) is 48.2 Å². The molecule has 84 valence electrons. The van der Waals surface area contributed by atoms with Gasteiger partial charge in [-0.05, 0) is 43.3 Å². The van der Waals surface area contributed by atoms with Gasteiger partial charge in [-0.25, -0.2) is 9.50 Å². The average molecular weight is 224 g/mol. The number of aryl methyl sites for hydroxylation is 1. The highest BCUT2D eigenvalue weighted by molar-refractivity contribution is 5.60. The molecule has 0 spiro atoms. The van der Waals surface area contributed by atoms with Gasteiger partial charge < -0.3 is 5.73 Å². The predicted molar refractivity (Wildman–Crippen MR) is 67.6 cm³/mol. The van der Waals surface area contributed by atoms with Crippen LogP contribution in [-0.4, -0.2) is 14.6 Å². The summed E-state index contributed by atoms with van der Waals surface area (Å²) < 4.78 is 1.84. The Morgan fingerprint density at radius 2 is 1.82 bits per heavy atom. The molecular formula is C13H12N4. The van der Waals surface area contributed by atoms with Gasteiger partial charge in [0.25, 0.3) is 0 Å². The Labute approximate surface area is 98.7 Å². The summed E-state index contributed by atoms with van der Waals surface area (Å²) in [7, 11) is 0. The Bertz CT molecular complexity index is 667. The summed E-state index contributed by atoms with van der Waals surface area (Å²) in [4.78, 5) is 4.48. The SMILES string of the molecule is Cc1cccc2nc(-c3ccc(N)cc3)nn12. The van der Waals surface area contributed by atoms with Crippen molar-refractivity contribution in [1.29, 1.82) is 0 Å². The molecule has 4 heteroatoms. The van der Waals surface area contributed by atoms with Gasteiger partial charge in [0.15, 0.2) is 11.5 Å². The third-order valence-electron chi connectivity index (χ3n) is 2.72. The standard InChI is InChI=1S/C13H12N4/c1-9-3-2-4-12-15-13(16-17(9)12)10-5-7-11(14)8-6-10/h2-8H,14H2,1H3. The van der Waals surface area contributed by atoms with E-state index >= 15 is 0 Å². The van der Waals surface area contributed by atoms with E-state index in [1.807, 2.05) is 53.9 Å². The Hall–Kier alpha value is -2.36. The zero-order valence-corrected chi connectivity index (χ0v) is 9.46. The molecular weight excluding hydrogens is 212 g/mol. The molecule has 2 heterocycles. The summed E-state index contributed by atoms with van der Waals surface area (Å²) in [5.41, 5.74) is 9.30. The van der Waals surface area contributed by atoms with Crippen molar-refractivity contribution >= 4 is 11.3 Å². The number of nitrogens with two attached hydrogens (primary N) is 1. The molecule has 0 amide bonds. The van der Waals surface area contributed by atoms with Gasteiger partial charge in [0.1, 0.15) is 0 Å². The molecule has 3 rings (SSSR count). The van der Waals surface area contributed by atoms with E-state index in [9.17, 15) is 0 Å². The van der Waals surface area contributed by atoms with Crippen LogP contribution >= 0.6 is 0 Å². The molecule has 0 aliphatic carbocycles. The van der Waals surface area contributed by atoms with Crippen LogP contribution in [-0.2, 0) is 0 Å². The minimum absolute atomic E-state index is 0.722. The van der Waals surface area contributed by atoms with Crippen LogP contribution in [0.1, 0.15) is 5.69 Å². The second kappa shape index (κ2) is 3.59. The van der Waals surface area contributed by atoms with Gasteiger partial charge >= 0.3 is 0 Å². The zero-order valence-electron chi connectivity index (χ0n) is 9.46. The minimum Gasteiger partial charge on any atom is -0.399 e. The molecule has 1 aromatic carbocycles. The number of aromatic nitrogens is 3. The Kier molecular flexibility index (Phi) is 2.08. The van der Waals surface area contributed by atoms with E-state index in [2.05, 4.69) is 10.1 Å². The highest BCUT2D eigenvalue weighted by atomic mass is 15.3. The van der Waals surface area contributed by atoms with Crippen molar-refractivity contribution in [2.45, 2.75) is 6.92 Å². The van der Waals surface area contributed by atoms with Crippen molar-refractivity contribution in [2.24, 2.45) is 0 Å². The smallest absolute Gasteiger partial charge is 0.182 e. The minimum atomic E-state index is 0.722. The quantitative estimate of drug-likeness (QED) is 0.645. The van der Waals surface area contributed by atoms with Crippen molar-refractivity contribution in [1.82, 2.24) is 14.6 Å². The first-order chi connectivity index (χ1) is 8.24. The van der Waals surface area contributed by atoms with E-state index in [1.54, 1.807) is 0 Å². The number of anilines is 1. The van der Waals surface area contributed by atoms with Gasteiger partial charge in [0.2, 0.25) is 0 Å². The van der Waals surface area contributed by atoms with Crippen LogP contribution in [0, 0.1) is 6.92 Å². The topological polar surface area (TPSA) is 56.2 Å². The first-order valence-corrected chi connectivity index (χ1v) is 5.42. The second-order valence-corrected chi connectivity index (χ2v) is 3.99. The summed E-state index contributed by atoms with van der Waals surface area (Å²) in [6.07, 6.45) is 0. The lowest BCUT2D eigenvalue weighted by atomic mass is 10.2. The highest BCUT2D eigenvalue weighted by Gasteiger charge is 2.06. The number of nitrogens with zero attached hydrogens (tertiary/aromatic N) is 3. The molecule has 4 nitrogen and oxygen atoms in total.